The van der Waals surface area contributed by atoms with Crippen LogP contribution < -0.4 is 5.32 Å². The first-order valence-corrected chi connectivity index (χ1v) is 12.3. The number of nitrogens with zero attached hydrogens (tertiary/aromatic N) is 2. The van der Waals surface area contributed by atoms with Crippen LogP contribution in [-0.2, 0) is 27.2 Å². The molecular formula is C23H35N3O4S. The predicted molar refractivity (Wildman–Crippen MR) is 124 cm³/mol. The Morgan fingerprint density at radius 2 is 1.77 bits per heavy atom. The summed E-state index contributed by atoms with van der Waals surface area (Å²) < 4.78 is 0. The smallest absolute Gasteiger partial charge is 0.290 e. The molecular weight excluding hydrogens is 414 g/mol. The van der Waals surface area contributed by atoms with Crippen molar-refractivity contribution >= 4 is 30.0 Å². The molecule has 2 amide bonds. The third kappa shape index (κ3) is 8.18. The van der Waals surface area contributed by atoms with E-state index in [-0.39, 0.29) is 30.2 Å². The standard InChI is InChI=1S/C22H33N3O2S.CH2O2/c1-24-15-19(7-8-20(16-24)23-21(26)11-14-28-2)22(27)25-12-9-17-5-3-4-6-18(17)10-13-25;2-1-3/h3-6,19-20H,7-16H2,1-2H3,(H,23,26);1H,(H,2,3)/t19-,20+;/m1./s1. The normalized spacial score (nSPS) is 21.5. The molecule has 2 N–H and O–H groups in total. The zero-order chi connectivity index (χ0) is 22.6. The second-order valence-corrected chi connectivity index (χ2v) is 9.19. The topological polar surface area (TPSA) is 90.0 Å². The van der Waals surface area contributed by atoms with Gasteiger partial charge in [0, 0.05) is 44.4 Å². The zero-order valence-electron chi connectivity index (χ0n) is 18.6. The van der Waals surface area contributed by atoms with Crippen molar-refractivity contribution < 1.29 is 19.5 Å². The van der Waals surface area contributed by atoms with Crippen LogP contribution in [0.4, 0.5) is 0 Å². The Bertz CT molecular complexity index is 704. The molecule has 0 saturated carbocycles. The Morgan fingerprint density at radius 3 is 2.35 bits per heavy atom. The molecule has 2 aliphatic rings. The van der Waals surface area contributed by atoms with Crippen molar-refractivity contribution in [3.05, 3.63) is 35.4 Å². The highest BCUT2D eigenvalue weighted by molar-refractivity contribution is 7.98. The third-order valence-electron chi connectivity index (χ3n) is 5.91. The fourth-order valence-electron chi connectivity index (χ4n) is 4.37. The van der Waals surface area contributed by atoms with E-state index in [4.69, 9.17) is 9.90 Å². The van der Waals surface area contributed by atoms with Crippen molar-refractivity contribution in [3.8, 4) is 0 Å². The van der Waals surface area contributed by atoms with Crippen molar-refractivity contribution in [2.45, 2.75) is 38.1 Å². The lowest BCUT2D eigenvalue weighted by Gasteiger charge is -2.27. The van der Waals surface area contributed by atoms with Crippen LogP contribution in [0.5, 0.6) is 0 Å². The van der Waals surface area contributed by atoms with Crippen LogP contribution in [0.1, 0.15) is 30.4 Å². The van der Waals surface area contributed by atoms with Gasteiger partial charge >= 0.3 is 0 Å². The van der Waals surface area contributed by atoms with E-state index in [1.54, 1.807) is 11.8 Å². The summed E-state index contributed by atoms with van der Waals surface area (Å²) in [6.07, 6.45) is 6.19. The number of likely N-dealkylation sites (N-methyl/N-ethyl adjacent to an activating group) is 1. The number of amides is 2. The molecule has 1 saturated heterocycles. The van der Waals surface area contributed by atoms with Gasteiger partial charge in [-0.05, 0) is 50.1 Å². The number of hydrogen-bond donors (Lipinski definition) is 2. The van der Waals surface area contributed by atoms with Crippen molar-refractivity contribution in [2.75, 3.05) is 45.2 Å². The van der Waals surface area contributed by atoms with Gasteiger partial charge < -0.3 is 20.2 Å². The van der Waals surface area contributed by atoms with E-state index in [0.29, 0.717) is 6.42 Å². The van der Waals surface area contributed by atoms with Gasteiger partial charge in [0.05, 0.1) is 5.92 Å². The second kappa shape index (κ2) is 13.4. The summed E-state index contributed by atoms with van der Waals surface area (Å²) in [5.41, 5.74) is 2.76. The minimum absolute atomic E-state index is 0.0271. The number of likely N-dealkylation sites (tertiary alicyclic amines) is 1. The molecule has 2 aliphatic heterocycles. The van der Waals surface area contributed by atoms with Gasteiger partial charge in [-0.15, -0.1) is 0 Å². The molecule has 0 aromatic heterocycles. The number of fused-ring (bicyclic) bond motifs is 1. The van der Waals surface area contributed by atoms with Crippen LogP contribution in [0, 0.1) is 5.92 Å². The lowest BCUT2D eigenvalue weighted by Crippen LogP contribution is -2.43. The monoisotopic (exact) mass is 449 g/mol. The Hall–Kier alpha value is -2.06. The maximum atomic E-state index is 13.2. The highest BCUT2D eigenvalue weighted by atomic mass is 32.2. The van der Waals surface area contributed by atoms with Crippen molar-refractivity contribution in [3.63, 3.8) is 0 Å². The maximum Gasteiger partial charge on any atom is 0.290 e. The first-order chi connectivity index (χ1) is 15.0. The van der Waals surface area contributed by atoms with Gasteiger partial charge in [-0.3, -0.25) is 14.4 Å². The molecule has 0 aliphatic carbocycles. The Kier molecular flexibility index (Phi) is 10.9. The van der Waals surface area contributed by atoms with E-state index in [0.717, 1.165) is 57.6 Å². The average Bonchev–Trinajstić information content (AvgIpc) is 3.08. The van der Waals surface area contributed by atoms with Crippen LogP contribution in [0.2, 0.25) is 0 Å². The lowest BCUT2D eigenvalue weighted by molar-refractivity contribution is -0.136. The van der Waals surface area contributed by atoms with Gasteiger partial charge in [-0.2, -0.15) is 11.8 Å². The number of benzene rings is 1. The number of carbonyl (C=O) groups is 3. The first kappa shape index (κ1) is 25.2. The summed E-state index contributed by atoms with van der Waals surface area (Å²) in [6, 6.07) is 8.69. The number of carboxylic acid groups (broad SMARTS) is 1. The Labute approximate surface area is 189 Å². The molecule has 7 nitrogen and oxygen atoms in total. The molecule has 0 unspecified atom stereocenters. The minimum atomic E-state index is -0.250. The second-order valence-electron chi connectivity index (χ2n) is 8.20. The van der Waals surface area contributed by atoms with Gasteiger partial charge in [0.2, 0.25) is 11.8 Å². The molecule has 0 spiro atoms. The highest BCUT2D eigenvalue weighted by Crippen LogP contribution is 2.22. The first-order valence-electron chi connectivity index (χ1n) is 10.9. The molecule has 3 rings (SSSR count). The van der Waals surface area contributed by atoms with Crippen LogP contribution in [0.15, 0.2) is 24.3 Å². The molecule has 0 radical (unpaired) electrons. The summed E-state index contributed by atoms with van der Waals surface area (Å²) in [5.74, 6) is 1.29. The number of nitrogens with one attached hydrogen (secondary N) is 1. The third-order valence-corrected chi connectivity index (χ3v) is 6.52. The number of hydrogen-bond acceptors (Lipinski definition) is 5. The molecule has 2 heterocycles. The van der Waals surface area contributed by atoms with Crippen LogP contribution >= 0.6 is 11.8 Å². The number of rotatable bonds is 5. The fourth-order valence-corrected chi connectivity index (χ4v) is 4.76. The van der Waals surface area contributed by atoms with Crippen LogP contribution in [-0.4, -0.2) is 84.5 Å². The highest BCUT2D eigenvalue weighted by Gasteiger charge is 2.30. The van der Waals surface area contributed by atoms with E-state index in [2.05, 4.69) is 46.4 Å². The largest absolute Gasteiger partial charge is 0.483 e. The summed E-state index contributed by atoms with van der Waals surface area (Å²) in [4.78, 5) is 38.0. The van der Waals surface area contributed by atoms with Crippen molar-refractivity contribution in [2.24, 2.45) is 5.92 Å². The molecule has 31 heavy (non-hydrogen) atoms. The van der Waals surface area contributed by atoms with Gasteiger partial charge in [-0.25, -0.2) is 0 Å². The molecule has 1 aromatic carbocycles. The van der Waals surface area contributed by atoms with E-state index < -0.39 is 0 Å². The van der Waals surface area contributed by atoms with Crippen molar-refractivity contribution in [1.29, 1.82) is 0 Å². The molecule has 172 valence electrons. The number of carbonyl (C=O) groups excluding carboxylic acids is 2. The maximum absolute atomic E-state index is 13.2. The molecule has 1 aromatic rings. The molecule has 8 heteroatoms. The quantitative estimate of drug-likeness (QED) is 0.668. The van der Waals surface area contributed by atoms with Gasteiger partial charge in [0.25, 0.3) is 6.47 Å². The Morgan fingerprint density at radius 1 is 1.16 bits per heavy atom. The molecule has 0 bridgehead atoms. The Balaban J connectivity index is 0.00000107. The van der Waals surface area contributed by atoms with E-state index in [1.165, 1.54) is 11.1 Å². The molecule has 2 atom stereocenters. The van der Waals surface area contributed by atoms with Gasteiger partial charge in [-0.1, -0.05) is 24.3 Å². The van der Waals surface area contributed by atoms with E-state index >= 15 is 0 Å². The average molecular weight is 450 g/mol. The van der Waals surface area contributed by atoms with E-state index in [1.807, 2.05) is 6.26 Å². The van der Waals surface area contributed by atoms with Crippen molar-refractivity contribution in [1.82, 2.24) is 15.1 Å². The lowest BCUT2D eigenvalue weighted by atomic mass is 10.00. The SMILES string of the molecule is CSCCC(=O)N[C@H]1CC[C@@H](C(=O)N2CCc3ccccc3CC2)CN(C)C1.O=CO. The molecule has 1 fully saturated rings. The summed E-state index contributed by atoms with van der Waals surface area (Å²) >= 11 is 1.69. The summed E-state index contributed by atoms with van der Waals surface area (Å²) in [6.45, 7) is 2.97. The zero-order valence-corrected chi connectivity index (χ0v) is 19.4. The summed E-state index contributed by atoms with van der Waals surface area (Å²) in [7, 11) is 2.06. The summed E-state index contributed by atoms with van der Waals surface area (Å²) in [5, 5.41) is 10.1. The van der Waals surface area contributed by atoms with Gasteiger partial charge in [0.15, 0.2) is 0 Å². The van der Waals surface area contributed by atoms with E-state index in [9.17, 15) is 9.59 Å². The van der Waals surface area contributed by atoms with Crippen LogP contribution in [0.25, 0.3) is 0 Å². The fraction of sp³-hybridized carbons (Fsp3) is 0.609. The minimum Gasteiger partial charge on any atom is -0.483 e. The van der Waals surface area contributed by atoms with Gasteiger partial charge in [0.1, 0.15) is 0 Å². The number of thioether (sulfide) groups is 1. The van der Waals surface area contributed by atoms with Crippen LogP contribution in [0.3, 0.4) is 0 Å². The predicted octanol–water partition coefficient (Wildman–Crippen LogP) is 1.89.